The van der Waals surface area contributed by atoms with Crippen molar-refractivity contribution in [2.45, 2.75) is 38.5 Å². The highest BCUT2D eigenvalue weighted by atomic mass is 32.2. The molecular weight excluding hydrogens is 274 g/mol. The number of nitrogens with one attached hydrogen (secondary N) is 1. The molecule has 0 aromatic carbocycles. The molecule has 1 aliphatic rings. The van der Waals surface area contributed by atoms with E-state index in [0.717, 1.165) is 19.4 Å². The molecule has 0 bridgehead atoms. The molecule has 0 aliphatic carbocycles. The maximum absolute atomic E-state index is 12.8. The van der Waals surface area contributed by atoms with Crippen LogP contribution in [0.25, 0.3) is 0 Å². The van der Waals surface area contributed by atoms with Gasteiger partial charge in [0.05, 0.1) is 5.69 Å². The lowest BCUT2D eigenvalue weighted by Crippen LogP contribution is -2.31. The number of aromatic nitrogens is 1. The predicted molar refractivity (Wildman–Crippen MR) is 80.2 cm³/mol. The topological polar surface area (TPSA) is 62.3 Å². The second-order valence-corrected chi connectivity index (χ2v) is 7.96. The first-order chi connectivity index (χ1) is 9.37. The molecule has 1 aromatic heterocycles. The van der Waals surface area contributed by atoms with E-state index in [4.69, 9.17) is 0 Å². The van der Waals surface area contributed by atoms with Crippen LogP contribution in [-0.4, -0.2) is 37.3 Å². The fourth-order valence-corrected chi connectivity index (χ4v) is 4.14. The van der Waals surface area contributed by atoms with Crippen LogP contribution in [0.3, 0.4) is 0 Å². The van der Waals surface area contributed by atoms with E-state index in [2.05, 4.69) is 24.1 Å². The lowest BCUT2D eigenvalue weighted by Gasteiger charge is -2.21. The quantitative estimate of drug-likeness (QED) is 0.906. The third-order valence-corrected chi connectivity index (χ3v) is 5.48. The predicted octanol–water partition coefficient (Wildman–Crippen LogP) is 2.32. The molecule has 0 saturated carbocycles. The van der Waals surface area contributed by atoms with E-state index in [1.807, 2.05) is 6.92 Å². The molecule has 1 fully saturated rings. The molecule has 0 amide bonds. The molecule has 112 valence electrons. The van der Waals surface area contributed by atoms with Crippen LogP contribution in [0.4, 0.5) is 5.69 Å². The SMILES string of the molecule is CCCNc1ccncc1S(=O)(=O)N1CCC(C)(C)C1. The second-order valence-electron chi connectivity index (χ2n) is 6.05. The van der Waals surface area contributed by atoms with Gasteiger partial charge in [0.25, 0.3) is 0 Å². The lowest BCUT2D eigenvalue weighted by atomic mass is 9.93. The largest absolute Gasteiger partial charge is 0.384 e. The van der Waals surface area contributed by atoms with Crippen LogP contribution in [0.1, 0.15) is 33.6 Å². The van der Waals surface area contributed by atoms with Crippen LogP contribution in [0.5, 0.6) is 0 Å². The standard InChI is InChI=1S/C14H23N3O2S/c1-4-7-16-12-5-8-15-10-13(12)20(18,19)17-9-6-14(2,3)11-17/h5,8,10H,4,6-7,9,11H2,1-3H3,(H,15,16). The molecule has 1 saturated heterocycles. The zero-order chi connectivity index (χ0) is 14.8. The van der Waals surface area contributed by atoms with Crippen LogP contribution >= 0.6 is 0 Å². The molecule has 20 heavy (non-hydrogen) atoms. The average Bonchev–Trinajstić information content (AvgIpc) is 2.78. The summed E-state index contributed by atoms with van der Waals surface area (Å²) in [5.41, 5.74) is 0.693. The van der Waals surface area contributed by atoms with Crippen molar-refractivity contribution in [1.82, 2.24) is 9.29 Å². The van der Waals surface area contributed by atoms with Crippen molar-refractivity contribution in [2.24, 2.45) is 5.41 Å². The summed E-state index contributed by atoms with van der Waals surface area (Å²) < 4.78 is 27.1. The van der Waals surface area contributed by atoms with E-state index in [0.29, 0.717) is 18.8 Å². The summed E-state index contributed by atoms with van der Waals surface area (Å²) in [7, 11) is -3.46. The Kier molecular flexibility index (Phi) is 4.34. The van der Waals surface area contributed by atoms with Crippen molar-refractivity contribution in [2.75, 3.05) is 25.0 Å². The van der Waals surface area contributed by atoms with Crippen molar-refractivity contribution in [3.05, 3.63) is 18.5 Å². The molecule has 0 atom stereocenters. The van der Waals surface area contributed by atoms with Gasteiger partial charge < -0.3 is 5.32 Å². The number of sulfonamides is 1. The minimum atomic E-state index is -3.46. The fraction of sp³-hybridized carbons (Fsp3) is 0.643. The number of pyridine rings is 1. The van der Waals surface area contributed by atoms with E-state index in [1.165, 1.54) is 6.20 Å². The molecular formula is C14H23N3O2S. The Balaban J connectivity index is 2.30. The van der Waals surface area contributed by atoms with Crippen molar-refractivity contribution in [1.29, 1.82) is 0 Å². The minimum Gasteiger partial charge on any atom is -0.384 e. The Labute approximate surface area is 121 Å². The first kappa shape index (κ1) is 15.3. The maximum atomic E-state index is 12.8. The highest BCUT2D eigenvalue weighted by Crippen LogP contribution is 2.34. The van der Waals surface area contributed by atoms with E-state index in [-0.39, 0.29) is 10.3 Å². The van der Waals surface area contributed by atoms with Gasteiger partial charge in [-0.25, -0.2) is 8.42 Å². The van der Waals surface area contributed by atoms with Gasteiger partial charge in [-0.1, -0.05) is 20.8 Å². The Morgan fingerprint density at radius 2 is 2.20 bits per heavy atom. The summed E-state index contributed by atoms with van der Waals surface area (Å²) in [5.74, 6) is 0. The highest BCUT2D eigenvalue weighted by molar-refractivity contribution is 7.89. The molecule has 0 radical (unpaired) electrons. The Morgan fingerprint density at radius 3 is 2.80 bits per heavy atom. The van der Waals surface area contributed by atoms with Gasteiger partial charge in [-0.3, -0.25) is 4.98 Å². The Hall–Kier alpha value is -1.14. The lowest BCUT2D eigenvalue weighted by molar-refractivity contribution is 0.375. The second kappa shape index (κ2) is 5.69. The van der Waals surface area contributed by atoms with Crippen molar-refractivity contribution < 1.29 is 8.42 Å². The van der Waals surface area contributed by atoms with Gasteiger partial charge >= 0.3 is 0 Å². The van der Waals surface area contributed by atoms with Crippen LogP contribution in [-0.2, 0) is 10.0 Å². The highest BCUT2D eigenvalue weighted by Gasteiger charge is 2.37. The van der Waals surface area contributed by atoms with E-state index in [9.17, 15) is 8.42 Å². The summed E-state index contributed by atoms with van der Waals surface area (Å²) in [6.07, 6.45) is 4.90. The zero-order valence-electron chi connectivity index (χ0n) is 12.4. The van der Waals surface area contributed by atoms with E-state index >= 15 is 0 Å². The van der Waals surface area contributed by atoms with Crippen molar-refractivity contribution >= 4 is 15.7 Å². The molecule has 0 spiro atoms. The summed E-state index contributed by atoms with van der Waals surface area (Å²) in [4.78, 5) is 4.27. The smallest absolute Gasteiger partial charge is 0.246 e. The van der Waals surface area contributed by atoms with Gasteiger partial charge in [0.15, 0.2) is 0 Å². The molecule has 2 heterocycles. The van der Waals surface area contributed by atoms with Gasteiger partial charge in [0.1, 0.15) is 4.90 Å². The van der Waals surface area contributed by atoms with Gasteiger partial charge in [0.2, 0.25) is 10.0 Å². The fourth-order valence-electron chi connectivity index (χ4n) is 2.40. The van der Waals surface area contributed by atoms with Gasteiger partial charge in [0, 0.05) is 32.0 Å². The Morgan fingerprint density at radius 1 is 1.45 bits per heavy atom. The number of hydrogen-bond acceptors (Lipinski definition) is 4. The van der Waals surface area contributed by atoms with E-state index < -0.39 is 10.0 Å². The number of nitrogens with zero attached hydrogens (tertiary/aromatic N) is 2. The monoisotopic (exact) mass is 297 g/mol. The molecule has 5 nitrogen and oxygen atoms in total. The molecule has 1 aliphatic heterocycles. The molecule has 2 rings (SSSR count). The summed E-state index contributed by atoms with van der Waals surface area (Å²) in [5, 5.41) is 3.17. The van der Waals surface area contributed by atoms with Gasteiger partial charge in [-0.15, -0.1) is 0 Å². The number of anilines is 1. The van der Waals surface area contributed by atoms with E-state index in [1.54, 1.807) is 16.6 Å². The van der Waals surface area contributed by atoms with Crippen LogP contribution < -0.4 is 5.32 Å². The average molecular weight is 297 g/mol. The third-order valence-electron chi connectivity index (χ3n) is 3.61. The maximum Gasteiger partial charge on any atom is 0.246 e. The molecule has 6 heteroatoms. The molecule has 1 aromatic rings. The number of rotatable bonds is 5. The van der Waals surface area contributed by atoms with Crippen molar-refractivity contribution in [3.63, 3.8) is 0 Å². The summed E-state index contributed by atoms with van der Waals surface area (Å²) in [6, 6.07) is 1.73. The first-order valence-corrected chi connectivity index (χ1v) is 8.49. The minimum absolute atomic E-state index is 0.0479. The zero-order valence-corrected chi connectivity index (χ0v) is 13.2. The van der Waals surface area contributed by atoms with Gasteiger partial charge in [-0.05, 0) is 24.3 Å². The summed E-state index contributed by atoms with van der Waals surface area (Å²) >= 11 is 0. The first-order valence-electron chi connectivity index (χ1n) is 7.05. The van der Waals surface area contributed by atoms with Crippen molar-refractivity contribution in [3.8, 4) is 0 Å². The van der Waals surface area contributed by atoms with Crippen LogP contribution in [0.15, 0.2) is 23.4 Å². The van der Waals surface area contributed by atoms with Gasteiger partial charge in [-0.2, -0.15) is 4.31 Å². The number of hydrogen-bond donors (Lipinski definition) is 1. The molecule has 0 unspecified atom stereocenters. The third kappa shape index (κ3) is 3.12. The Bertz CT molecular complexity index is 570. The summed E-state index contributed by atoms with van der Waals surface area (Å²) in [6.45, 7) is 8.14. The van der Waals surface area contributed by atoms with Crippen LogP contribution in [0, 0.1) is 5.41 Å². The normalized spacial score (nSPS) is 19.1. The van der Waals surface area contributed by atoms with Crippen LogP contribution in [0.2, 0.25) is 0 Å². The molecule has 1 N–H and O–H groups in total.